The van der Waals surface area contributed by atoms with Gasteiger partial charge in [0.15, 0.2) is 0 Å². The van der Waals surface area contributed by atoms with Gasteiger partial charge in [0, 0.05) is 6.42 Å². The summed E-state index contributed by atoms with van der Waals surface area (Å²) in [5.74, 6) is -2.48. The summed E-state index contributed by atoms with van der Waals surface area (Å²) >= 11 is 1.48. The van der Waals surface area contributed by atoms with Crippen LogP contribution in [0.1, 0.15) is 26.2 Å². The molecule has 0 bridgehead atoms. The van der Waals surface area contributed by atoms with Gasteiger partial charge < -0.3 is 27.2 Å². The lowest BCUT2D eigenvalue weighted by atomic mass is 10.1. The Kier molecular flexibility index (Phi) is 9.99. The average Bonchev–Trinajstić information content (AvgIpc) is 2.46. The normalized spacial score (nSPS) is 14.4. The fraction of sp³-hybridized carbons (Fsp3) is 0.692. The number of rotatable bonds is 11. The van der Waals surface area contributed by atoms with Crippen molar-refractivity contribution in [3.8, 4) is 0 Å². The summed E-state index contributed by atoms with van der Waals surface area (Å²) in [6.45, 7) is 1.48. The molecule has 0 aliphatic rings. The summed E-state index contributed by atoms with van der Waals surface area (Å²) in [5, 5.41) is 13.9. The van der Waals surface area contributed by atoms with Crippen molar-refractivity contribution in [3.05, 3.63) is 0 Å². The summed E-state index contributed by atoms with van der Waals surface area (Å²) in [5.41, 5.74) is 10.4. The summed E-state index contributed by atoms with van der Waals surface area (Å²) in [7, 11) is 0. The number of nitrogens with two attached hydrogens (primary N) is 2. The number of hydrogen-bond donors (Lipinski definition) is 5. The van der Waals surface area contributed by atoms with E-state index in [2.05, 4.69) is 10.6 Å². The van der Waals surface area contributed by atoms with E-state index in [9.17, 15) is 19.2 Å². The van der Waals surface area contributed by atoms with Crippen molar-refractivity contribution in [2.24, 2.45) is 11.5 Å². The van der Waals surface area contributed by atoms with Gasteiger partial charge in [0.25, 0.3) is 0 Å². The van der Waals surface area contributed by atoms with Gasteiger partial charge >= 0.3 is 5.97 Å². The molecule has 0 fully saturated rings. The predicted octanol–water partition coefficient (Wildman–Crippen LogP) is -1.59. The molecule has 23 heavy (non-hydrogen) atoms. The molecule has 0 spiro atoms. The molecule has 3 atom stereocenters. The molecule has 132 valence electrons. The van der Waals surface area contributed by atoms with Gasteiger partial charge in [-0.3, -0.25) is 14.4 Å². The topological polar surface area (TPSA) is 165 Å². The van der Waals surface area contributed by atoms with Crippen LogP contribution in [-0.2, 0) is 19.2 Å². The number of aliphatic carboxylic acids is 1. The Morgan fingerprint density at radius 1 is 1.09 bits per heavy atom. The molecule has 0 aromatic carbocycles. The Morgan fingerprint density at radius 3 is 2.09 bits per heavy atom. The zero-order valence-electron chi connectivity index (χ0n) is 13.2. The van der Waals surface area contributed by atoms with Crippen LogP contribution in [0.25, 0.3) is 0 Å². The molecule has 0 rings (SSSR count). The van der Waals surface area contributed by atoms with Gasteiger partial charge in [0.1, 0.15) is 12.1 Å². The zero-order chi connectivity index (χ0) is 18.0. The van der Waals surface area contributed by atoms with E-state index in [1.54, 1.807) is 0 Å². The zero-order valence-corrected chi connectivity index (χ0v) is 14.0. The quantitative estimate of drug-likeness (QED) is 0.300. The highest BCUT2D eigenvalue weighted by molar-refractivity contribution is 7.98. The maximum absolute atomic E-state index is 12.2. The number of carbonyl (C=O) groups is 4. The Bertz CT molecular complexity index is 444. The van der Waals surface area contributed by atoms with Crippen LogP contribution in [0.5, 0.6) is 0 Å². The first-order valence-corrected chi connectivity index (χ1v) is 8.44. The van der Waals surface area contributed by atoms with Gasteiger partial charge in [0.05, 0.1) is 6.04 Å². The van der Waals surface area contributed by atoms with E-state index in [1.165, 1.54) is 18.7 Å². The van der Waals surface area contributed by atoms with Gasteiger partial charge in [0.2, 0.25) is 17.7 Å². The van der Waals surface area contributed by atoms with E-state index in [0.29, 0.717) is 12.2 Å². The van der Waals surface area contributed by atoms with E-state index >= 15 is 0 Å². The SMILES string of the molecule is CSCCC(NC(=O)C(C)N)C(=O)NC(CCC(N)=O)C(=O)O. The number of carboxylic acids is 1. The Morgan fingerprint density at radius 2 is 1.65 bits per heavy atom. The molecule has 0 aliphatic carbocycles. The second kappa shape index (κ2) is 10.8. The van der Waals surface area contributed by atoms with Crippen molar-refractivity contribution in [2.45, 2.75) is 44.3 Å². The van der Waals surface area contributed by atoms with Gasteiger partial charge in [-0.2, -0.15) is 11.8 Å². The van der Waals surface area contributed by atoms with Crippen LogP contribution in [0, 0.1) is 0 Å². The molecular weight excluding hydrogens is 324 g/mol. The summed E-state index contributed by atoms with van der Waals surface area (Å²) in [6, 6.07) is -2.93. The summed E-state index contributed by atoms with van der Waals surface area (Å²) in [6.07, 6.45) is 1.88. The minimum atomic E-state index is -1.28. The van der Waals surface area contributed by atoms with Crippen LogP contribution in [0.15, 0.2) is 0 Å². The van der Waals surface area contributed by atoms with Crippen molar-refractivity contribution in [1.82, 2.24) is 10.6 Å². The van der Waals surface area contributed by atoms with E-state index in [4.69, 9.17) is 16.6 Å². The van der Waals surface area contributed by atoms with E-state index < -0.39 is 41.8 Å². The van der Waals surface area contributed by atoms with Crippen LogP contribution in [0.4, 0.5) is 0 Å². The standard InChI is InChI=1S/C13H24N4O5S/c1-7(14)11(19)16-8(5-6-23-2)12(20)17-9(13(21)22)3-4-10(15)18/h7-9H,3-6,14H2,1-2H3,(H2,15,18)(H,16,19)(H,17,20)(H,21,22). The van der Waals surface area contributed by atoms with Gasteiger partial charge in [-0.15, -0.1) is 0 Å². The van der Waals surface area contributed by atoms with Gasteiger partial charge in [-0.05, 0) is 31.8 Å². The molecule has 3 unspecified atom stereocenters. The Labute approximate surface area is 138 Å². The summed E-state index contributed by atoms with van der Waals surface area (Å²) in [4.78, 5) is 45.8. The molecule has 7 N–H and O–H groups in total. The number of nitrogens with one attached hydrogen (secondary N) is 2. The third-order valence-corrected chi connectivity index (χ3v) is 3.60. The van der Waals surface area contributed by atoms with Crippen molar-refractivity contribution in [2.75, 3.05) is 12.0 Å². The highest BCUT2D eigenvalue weighted by Gasteiger charge is 2.27. The van der Waals surface area contributed by atoms with Crippen LogP contribution in [0.2, 0.25) is 0 Å². The lowest BCUT2D eigenvalue weighted by Crippen LogP contribution is -2.54. The minimum absolute atomic E-state index is 0.118. The molecule has 0 aliphatic heterocycles. The average molecular weight is 348 g/mol. The lowest BCUT2D eigenvalue weighted by Gasteiger charge is -2.22. The molecule has 10 heteroatoms. The highest BCUT2D eigenvalue weighted by atomic mass is 32.2. The van der Waals surface area contributed by atoms with Crippen molar-refractivity contribution in [3.63, 3.8) is 0 Å². The third kappa shape index (κ3) is 9.04. The van der Waals surface area contributed by atoms with Crippen molar-refractivity contribution in [1.29, 1.82) is 0 Å². The van der Waals surface area contributed by atoms with Crippen molar-refractivity contribution < 1.29 is 24.3 Å². The first kappa shape index (κ1) is 21.2. The second-order valence-electron chi connectivity index (χ2n) is 5.04. The number of primary amides is 1. The highest BCUT2D eigenvalue weighted by Crippen LogP contribution is 2.04. The first-order chi connectivity index (χ1) is 10.7. The maximum atomic E-state index is 12.2. The monoisotopic (exact) mass is 348 g/mol. The number of amides is 3. The van der Waals surface area contributed by atoms with Crippen molar-refractivity contribution >= 4 is 35.5 Å². The predicted molar refractivity (Wildman–Crippen MR) is 86.6 cm³/mol. The molecule has 3 amide bonds. The smallest absolute Gasteiger partial charge is 0.326 e. The third-order valence-electron chi connectivity index (χ3n) is 2.95. The molecule has 0 aromatic heterocycles. The number of carbonyl (C=O) groups excluding carboxylic acids is 3. The van der Waals surface area contributed by atoms with E-state index in [0.717, 1.165) is 0 Å². The van der Waals surface area contributed by atoms with Crippen LogP contribution in [0.3, 0.4) is 0 Å². The largest absolute Gasteiger partial charge is 0.480 e. The minimum Gasteiger partial charge on any atom is -0.480 e. The lowest BCUT2D eigenvalue weighted by molar-refractivity contribution is -0.142. The van der Waals surface area contributed by atoms with Gasteiger partial charge in [-0.1, -0.05) is 0 Å². The van der Waals surface area contributed by atoms with Crippen LogP contribution in [-0.4, -0.2) is 58.9 Å². The van der Waals surface area contributed by atoms with Crippen LogP contribution >= 0.6 is 11.8 Å². The Balaban J connectivity index is 4.85. The summed E-state index contributed by atoms with van der Waals surface area (Å²) < 4.78 is 0. The second-order valence-corrected chi connectivity index (χ2v) is 6.02. The molecule has 0 saturated carbocycles. The number of hydrogen-bond acceptors (Lipinski definition) is 6. The fourth-order valence-electron chi connectivity index (χ4n) is 1.62. The van der Waals surface area contributed by atoms with Crippen LogP contribution < -0.4 is 22.1 Å². The van der Waals surface area contributed by atoms with Gasteiger partial charge in [-0.25, -0.2) is 4.79 Å². The van der Waals surface area contributed by atoms with E-state index in [-0.39, 0.29) is 12.8 Å². The molecule has 0 heterocycles. The number of carboxylic acid groups (broad SMARTS) is 1. The molecule has 9 nitrogen and oxygen atoms in total. The number of thioether (sulfide) groups is 1. The Hall–Kier alpha value is -1.81. The molecular formula is C13H24N4O5S. The molecule has 0 radical (unpaired) electrons. The first-order valence-electron chi connectivity index (χ1n) is 7.05. The molecule has 0 saturated heterocycles. The maximum Gasteiger partial charge on any atom is 0.326 e. The molecule has 0 aromatic rings. The van der Waals surface area contributed by atoms with E-state index in [1.807, 2.05) is 6.26 Å². The fourth-order valence-corrected chi connectivity index (χ4v) is 2.10.